The van der Waals surface area contributed by atoms with Gasteiger partial charge in [-0.15, -0.1) is 22.7 Å². The summed E-state index contributed by atoms with van der Waals surface area (Å²) >= 11 is 11.9. The summed E-state index contributed by atoms with van der Waals surface area (Å²) in [7, 11) is 0. The van der Waals surface area contributed by atoms with Gasteiger partial charge in [0, 0.05) is 22.1 Å². The van der Waals surface area contributed by atoms with E-state index in [4.69, 9.17) is 17.3 Å². The minimum absolute atomic E-state index is 0.116. The maximum Gasteiger partial charge on any atom is 0.234 e. The number of benzene rings is 3. The van der Waals surface area contributed by atoms with Gasteiger partial charge >= 0.3 is 0 Å². The highest BCUT2D eigenvalue weighted by Crippen LogP contribution is 2.33. The first kappa shape index (κ1) is 25.8. The molecule has 2 amide bonds. The van der Waals surface area contributed by atoms with Crippen molar-refractivity contribution >= 4 is 107 Å². The SMILES string of the molecule is Cc1ccc(NC(=O)CSc2nc3ccc(NC(=O)CSc4nc5ccc(N)cc5s4)cc3s2)cc1Cl. The van der Waals surface area contributed by atoms with Crippen LogP contribution in [0.1, 0.15) is 5.56 Å². The van der Waals surface area contributed by atoms with Crippen LogP contribution < -0.4 is 16.4 Å². The van der Waals surface area contributed by atoms with Crippen LogP contribution in [0.15, 0.2) is 63.3 Å². The number of nitrogens with one attached hydrogen (secondary N) is 2. The number of nitrogen functional groups attached to an aromatic ring is 1. The molecule has 0 unspecified atom stereocenters. The molecule has 0 atom stereocenters. The predicted molar refractivity (Wildman–Crippen MR) is 159 cm³/mol. The van der Waals surface area contributed by atoms with Crippen LogP contribution in [0.5, 0.6) is 0 Å². The molecule has 0 spiro atoms. The summed E-state index contributed by atoms with van der Waals surface area (Å²) in [5.41, 5.74) is 10.5. The first-order chi connectivity index (χ1) is 17.8. The molecule has 3 aromatic carbocycles. The van der Waals surface area contributed by atoms with E-state index in [1.54, 1.807) is 6.07 Å². The highest BCUT2D eigenvalue weighted by atomic mass is 35.5. The fraction of sp³-hybridized carbons (Fsp3) is 0.120. The topological polar surface area (TPSA) is 110 Å². The van der Waals surface area contributed by atoms with Crippen molar-refractivity contribution in [3.63, 3.8) is 0 Å². The number of aromatic nitrogens is 2. The molecule has 0 saturated heterocycles. The number of hydrogen-bond acceptors (Lipinski definition) is 9. The number of halogens is 1. The number of nitrogens with two attached hydrogens (primary N) is 1. The van der Waals surface area contributed by atoms with Gasteiger partial charge < -0.3 is 16.4 Å². The maximum atomic E-state index is 12.5. The Bertz CT molecular complexity index is 1630. The molecular formula is C25H20ClN5O2S4. The van der Waals surface area contributed by atoms with Gasteiger partial charge in [0.2, 0.25) is 11.8 Å². The minimum atomic E-state index is -0.133. The summed E-state index contributed by atoms with van der Waals surface area (Å²) < 4.78 is 3.54. The molecule has 0 saturated carbocycles. The van der Waals surface area contributed by atoms with Crippen molar-refractivity contribution < 1.29 is 9.59 Å². The van der Waals surface area contributed by atoms with Gasteiger partial charge in [-0.2, -0.15) is 0 Å². The number of rotatable bonds is 8. The van der Waals surface area contributed by atoms with Crippen molar-refractivity contribution in [3.05, 3.63) is 65.2 Å². The average molecular weight is 586 g/mol. The molecule has 0 aliphatic heterocycles. The lowest BCUT2D eigenvalue weighted by Gasteiger charge is -2.06. The second-order valence-electron chi connectivity index (χ2n) is 8.01. The molecule has 0 bridgehead atoms. The van der Waals surface area contributed by atoms with E-state index >= 15 is 0 Å². The van der Waals surface area contributed by atoms with Crippen molar-refractivity contribution in [1.82, 2.24) is 9.97 Å². The lowest BCUT2D eigenvalue weighted by atomic mass is 10.2. The minimum Gasteiger partial charge on any atom is -0.399 e. The van der Waals surface area contributed by atoms with Gasteiger partial charge in [0.25, 0.3) is 0 Å². The molecule has 37 heavy (non-hydrogen) atoms. The van der Waals surface area contributed by atoms with E-state index in [0.29, 0.717) is 22.1 Å². The molecule has 0 aliphatic carbocycles. The molecule has 2 heterocycles. The Balaban J connectivity index is 1.15. The Morgan fingerprint density at radius 3 is 2.00 bits per heavy atom. The Morgan fingerprint density at radius 1 is 0.838 bits per heavy atom. The number of nitrogens with zero attached hydrogens (tertiary/aromatic N) is 2. The third-order valence-corrected chi connectivity index (χ3v) is 9.88. The fourth-order valence-electron chi connectivity index (χ4n) is 3.34. The number of carbonyl (C=O) groups excluding carboxylic acids is 2. The van der Waals surface area contributed by atoms with E-state index in [2.05, 4.69) is 20.6 Å². The van der Waals surface area contributed by atoms with Crippen molar-refractivity contribution in [2.24, 2.45) is 0 Å². The van der Waals surface area contributed by atoms with E-state index in [-0.39, 0.29) is 23.3 Å². The van der Waals surface area contributed by atoms with Crippen molar-refractivity contribution in [2.75, 3.05) is 27.9 Å². The molecule has 7 nitrogen and oxygen atoms in total. The molecule has 4 N–H and O–H groups in total. The standard InChI is InChI=1S/C25H20ClN5O2S4/c1-13-2-4-15(9-17(13)26)28-22(32)11-35-25-31-19-7-5-16(10-21(19)37-25)29-23(33)12-34-24-30-18-6-3-14(27)8-20(18)36-24/h2-10H,11-12,27H2,1H3,(H,28,32)(H,29,33). The van der Waals surface area contributed by atoms with Gasteiger partial charge in [0.1, 0.15) is 0 Å². The van der Waals surface area contributed by atoms with Crippen LogP contribution in [0.2, 0.25) is 5.02 Å². The van der Waals surface area contributed by atoms with E-state index < -0.39 is 0 Å². The number of amides is 2. The Kier molecular flexibility index (Phi) is 7.87. The van der Waals surface area contributed by atoms with Crippen molar-refractivity contribution in [2.45, 2.75) is 15.6 Å². The number of thioether (sulfide) groups is 2. The molecular weight excluding hydrogens is 566 g/mol. The number of thiazole rings is 2. The second-order valence-corrected chi connectivity index (χ2v) is 12.9. The molecule has 0 fully saturated rings. The second kappa shape index (κ2) is 11.3. The third-order valence-electron chi connectivity index (χ3n) is 5.15. The molecule has 5 aromatic rings. The van der Waals surface area contributed by atoms with E-state index in [1.165, 1.54) is 46.2 Å². The van der Waals surface area contributed by atoms with Crippen LogP contribution in [0.3, 0.4) is 0 Å². The third kappa shape index (κ3) is 6.55. The molecule has 12 heteroatoms. The van der Waals surface area contributed by atoms with Gasteiger partial charge in [-0.25, -0.2) is 9.97 Å². The average Bonchev–Trinajstić information content (AvgIpc) is 3.46. The zero-order valence-electron chi connectivity index (χ0n) is 19.4. The normalized spacial score (nSPS) is 11.2. The van der Waals surface area contributed by atoms with Gasteiger partial charge in [-0.3, -0.25) is 9.59 Å². The van der Waals surface area contributed by atoms with Crippen molar-refractivity contribution in [1.29, 1.82) is 0 Å². The number of carbonyl (C=O) groups is 2. The zero-order valence-corrected chi connectivity index (χ0v) is 23.4. The Labute approximate surface area is 234 Å². The summed E-state index contributed by atoms with van der Waals surface area (Å²) in [4.78, 5) is 34.0. The first-order valence-corrected chi connectivity index (χ1v) is 15.0. The van der Waals surface area contributed by atoms with E-state index in [1.807, 2.05) is 55.5 Å². The molecule has 5 rings (SSSR count). The van der Waals surface area contributed by atoms with Crippen LogP contribution in [0.4, 0.5) is 17.1 Å². The van der Waals surface area contributed by atoms with Crippen LogP contribution in [0.25, 0.3) is 20.4 Å². The van der Waals surface area contributed by atoms with Gasteiger partial charge in [-0.05, 0) is 61.0 Å². The fourth-order valence-corrected chi connectivity index (χ4v) is 7.35. The zero-order chi connectivity index (χ0) is 25.9. The van der Waals surface area contributed by atoms with Crippen LogP contribution >= 0.6 is 57.8 Å². The lowest BCUT2D eigenvalue weighted by Crippen LogP contribution is -2.13. The number of hydrogen-bond donors (Lipinski definition) is 3. The monoisotopic (exact) mass is 585 g/mol. The number of fused-ring (bicyclic) bond motifs is 2. The molecule has 0 aliphatic rings. The first-order valence-electron chi connectivity index (χ1n) is 11.0. The van der Waals surface area contributed by atoms with Gasteiger partial charge in [0.15, 0.2) is 8.68 Å². The quantitative estimate of drug-likeness (QED) is 0.134. The molecule has 0 radical (unpaired) electrons. The molecule has 188 valence electrons. The van der Waals surface area contributed by atoms with Crippen LogP contribution in [0, 0.1) is 6.92 Å². The van der Waals surface area contributed by atoms with E-state index in [9.17, 15) is 9.59 Å². The summed E-state index contributed by atoms with van der Waals surface area (Å²) in [6.45, 7) is 1.91. The summed E-state index contributed by atoms with van der Waals surface area (Å²) in [5.74, 6) is 0.226. The number of anilines is 3. The highest BCUT2D eigenvalue weighted by Gasteiger charge is 2.12. The summed E-state index contributed by atoms with van der Waals surface area (Å²) in [5, 5.41) is 6.40. The smallest absolute Gasteiger partial charge is 0.234 e. The lowest BCUT2D eigenvalue weighted by molar-refractivity contribution is -0.114. The van der Waals surface area contributed by atoms with Gasteiger partial charge in [-0.1, -0.05) is 41.2 Å². The number of aryl methyl sites for hydroxylation is 1. The predicted octanol–water partition coefficient (Wildman–Crippen LogP) is 6.91. The Morgan fingerprint density at radius 2 is 1.38 bits per heavy atom. The summed E-state index contributed by atoms with van der Waals surface area (Å²) in [6, 6.07) is 16.6. The summed E-state index contributed by atoms with van der Waals surface area (Å²) in [6.07, 6.45) is 0. The largest absolute Gasteiger partial charge is 0.399 e. The Hall–Kier alpha value is -2.83. The highest BCUT2D eigenvalue weighted by molar-refractivity contribution is 8.02. The van der Waals surface area contributed by atoms with Crippen molar-refractivity contribution in [3.8, 4) is 0 Å². The van der Waals surface area contributed by atoms with Crippen LogP contribution in [-0.4, -0.2) is 33.3 Å². The van der Waals surface area contributed by atoms with Gasteiger partial charge in [0.05, 0.1) is 31.9 Å². The van der Waals surface area contributed by atoms with Crippen LogP contribution in [-0.2, 0) is 9.59 Å². The maximum absolute atomic E-state index is 12.5. The van der Waals surface area contributed by atoms with E-state index in [0.717, 1.165) is 34.7 Å². The molecule has 2 aromatic heterocycles.